The Morgan fingerprint density at radius 1 is 0.818 bits per heavy atom. The number of rotatable bonds is 14. The summed E-state index contributed by atoms with van der Waals surface area (Å²) in [7, 11) is 1.38. The summed E-state index contributed by atoms with van der Waals surface area (Å²) in [6, 6.07) is 1.48. The average Bonchev–Trinajstić information content (AvgIpc) is 2.93. The molecule has 1 rings (SSSR count). The number of hydrogen-bond donors (Lipinski definition) is 1. The third kappa shape index (κ3) is 9.65. The zero-order valence-corrected chi connectivity index (χ0v) is 16.8. The number of hydrogen-bond acceptors (Lipinski definition) is 1. The van der Waals surface area contributed by atoms with Crippen LogP contribution in [0.1, 0.15) is 96.3 Å². The molecule has 0 amide bonds. The molecule has 0 radical (unpaired) electrons. The van der Waals surface area contributed by atoms with Gasteiger partial charge in [0, 0.05) is 16.7 Å². The minimum atomic E-state index is -0.642. The van der Waals surface area contributed by atoms with Crippen molar-refractivity contribution in [1.29, 1.82) is 0 Å². The topological polar surface area (TPSA) is 37.3 Å². The highest BCUT2D eigenvalue weighted by Crippen LogP contribution is 2.38. The van der Waals surface area contributed by atoms with Crippen LogP contribution in [0.5, 0.6) is 0 Å². The predicted molar refractivity (Wildman–Crippen MR) is 98.6 cm³/mol. The summed E-state index contributed by atoms with van der Waals surface area (Å²) in [4.78, 5) is 10.5. The lowest BCUT2D eigenvalue weighted by Crippen LogP contribution is -2.08. The molecule has 0 aliphatic heterocycles. The number of carbonyl (C=O) groups is 1. The normalized spacial score (nSPS) is 21.5. The van der Waals surface area contributed by atoms with Gasteiger partial charge < -0.3 is 5.11 Å². The van der Waals surface area contributed by atoms with Gasteiger partial charge in [0.25, 0.3) is 0 Å². The van der Waals surface area contributed by atoms with Crippen molar-refractivity contribution in [2.24, 2.45) is 11.8 Å². The van der Waals surface area contributed by atoms with Crippen LogP contribution in [0.2, 0.25) is 6.04 Å². The van der Waals surface area contributed by atoms with E-state index in [4.69, 9.17) is 5.11 Å². The highest BCUT2D eigenvalue weighted by atomic mass is 28.1. The summed E-state index contributed by atoms with van der Waals surface area (Å²) in [5.41, 5.74) is 0. The maximum absolute atomic E-state index is 10.5. The highest BCUT2D eigenvalue weighted by molar-refractivity contribution is 6.08. The second-order valence-electron chi connectivity index (χ2n) is 7.35. The summed E-state index contributed by atoms with van der Waals surface area (Å²) >= 11 is 0. The summed E-state index contributed by atoms with van der Waals surface area (Å²) < 4.78 is 0. The summed E-state index contributed by atoms with van der Waals surface area (Å²) in [6.07, 6.45) is 19.5. The van der Waals surface area contributed by atoms with E-state index in [-0.39, 0.29) is 0 Å². The molecule has 1 fully saturated rings. The maximum atomic E-state index is 10.5. The molecule has 2 unspecified atom stereocenters. The number of carboxylic acids is 1. The molecule has 2 atom stereocenters. The first-order valence-electron chi connectivity index (χ1n) is 9.95. The van der Waals surface area contributed by atoms with Crippen LogP contribution in [-0.2, 0) is 4.79 Å². The van der Waals surface area contributed by atoms with Crippen LogP contribution >= 0.6 is 0 Å². The summed E-state index contributed by atoms with van der Waals surface area (Å²) in [6.45, 7) is 0. The lowest BCUT2D eigenvalue weighted by atomic mass is 9.86. The summed E-state index contributed by atoms with van der Waals surface area (Å²) in [5.74, 6) is 1.36. The first-order chi connectivity index (χ1) is 10.7. The minimum absolute atomic E-state index is 0.353. The van der Waals surface area contributed by atoms with E-state index in [1.54, 1.807) is 0 Å². The van der Waals surface area contributed by atoms with Gasteiger partial charge in [-0.2, -0.15) is 0 Å². The molecule has 2 nitrogen and oxygen atoms in total. The molecule has 0 aromatic rings. The summed E-state index contributed by atoms with van der Waals surface area (Å²) in [5, 5.41) is 8.63. The molecule has 1 saturated carbocycles. The Bertz CT molecular complexity index is 281. The third-order valence-electron chi connectivity index (χ3n) is 5.46. The third-order valence-corrected chi connectivity index (χ3v) is 6.17. The van der Waals surface area contributed by atoms with Crippen LogP contribution in [-0.4, -0.2) is 21.3 Å². The van der Waals surface area contributed by atoms with Crippen molar-refractivity contribution >= 4 is 16.2 Å². The van der Waals surface area contributed by atoms with Crippen molar-refractivity contribution in [1.82, 2.24) is 0 Å². The Morgan fingerprint density at radius 3 is 1.86 bits per heavy atom. The van der Waals surface area contributed by atoms with Gasteiger partial charge in [-0.15, -0.1) is 0 Å². The highest BCUT2D eigenvalue weighted by Gasteiger charge is 2.25. The van der Waals surface area contributed by atoms with Gasteiger partial charge in [0.05, 0.1) is 0 Å². The van der Waals surface area contributed by atoms with Crippen LogP contribution < -0.4 is 0 Å². The SMILES string of the molecule is O=C(O)CCCCCCC1CCCC1CCCCCCC[SiH3]. The van der Waals surface area contributed by atoms with Gasteiger partial charge in [0.2, 0.25) is 0 Å². The van der Waals surface area contributed by atoms with Gasteiger partial charge >= 0.3 is 5.97 Å². The van der Waals surface area contributed by atoms with Crippen molar-refractivity contribution < 1.29 is 9.90 Å². The van der Waals surface area contributed by atoms with Crippen LogP contribution in [0, 0.1) is 11.8 Å². The number of unbranched alkanes of at least 4 members (excludes halogenated alkanes) is 7. The van der Waals surface area contributed by atoms with Crippen molar-refractivity contribution in [3.8, 4) is 0 Å². The van der Waals surface area contributed by atoms with E-state index in [0.29, 0.717) is 6.42 Å². The molecular weight excluding hydrogens is 288 g/mol. The fraction of sp³-hybridized carbons (Fsp3) is 0.947. The van der Waals surface area contributed by atoms with Crippen molar-refractivity contribution in [2.75, 3.05) is 0 Å². The fourth-order valence-corrected chi connectivity index (χ4v) is 4.60. The Kier molecular flexibility index (Phi) is 11.8. The number of aliphatic carboxylic acids is 1. The molecule has 1 N–H and O–H groups in total. The second kappa shape index (κ2) is 13.2. The monoisotopic (exact) mass is 326 g/mol. The van der Waals surface area contributed by atoms with E-state index >= 15 is 0 Å². The Labute approximate surface area is 140 Å². The van der Waals surface area contributed by atoms with E-state index < -0.39 is 5.97 Å². The van der Waals surface area contributed by atoms with Gasteiger partial charge in [-0.3, -0.25) is 4.79 Å². The molecule has 0 spiro atoms. The Morgan fingerprint density at radius 2 is 1.32 bits per heavy atom. The van der Waals surface area contributed by atoms with E-state index in [0.717, 1.165) is 24.7 Å². The Balaban J connectivity index is 1.99. The van der Waals surface area contributed by atoms with Gasteiger partial charge in [-0.1, -0.05) is 89.5 Å². The first kappa shape index (κ1) is 19.7. The van der Waals surface area contributed by atoms with E-state index in [1.165, 1.54) is 93.3 Å². The maximum Gasteiger partial charge on any atom is 0.303 e. The van der Waals surface area contributed by atoms with Crippen molar-refractivity contribution in [3.63, 3.8) is 0 Å². The van der Waals surface area contributed by atoms with Gasteiger partial charge in [-0.05, 0) is 18.3 Å². The molecule has 1 aliphatic rings. The van der Waals surface area contributed by atoms with E-state index in [2.05, 4.69) is 0 Å². The van der Waals surface area contributed by atoms with Crippen LogP contribution in [0.4, 0.5) is 0 Å². The van der Waals surface area contributed by atoms with E-state index in [1.807, 2.05) is 0 Å². The van der Waals surface area contributed by atoms with Gasteiger partial charge in [-0.25, -0.2) is 0 Å². The average molecular weight is 327 g/mol. The predicted octanol–water partition coefficient (Wildman–Crippen LogP) is 4.95. The Hall–Kier alpha value is -0.313. The molecule has 130 valence electrons. The molecule has 0 heterocycles. The lowest BCUT2D eigenvalue weighted by Gasteiger charge is -2.19. The zero-order chi connectivity index (χ0) is 16.0. The molecule has 0 aromatic carbocycles. The largest absolute Gasteiger partial charge is 0.481 e. The molecule has 3 heteroatoms. The standard InChI is InChI=1S/C19H38O2Si/c20-19(21)15-8-4-3-7-12-18-14-10-13-17(18)11-6-2-1-5-9-16-22/h17-18H,1-16H2,22H3,(H,20,21). The lowest BCUT2D eigenvalue weighted by molar-refractivity contribution is -0.137. The van der Waals surface area contributed by atoms with Crippen LogP contribution in [0.25, 0.3) is 0 Å². The van der Waals surface area contributed by atoms with Gasteiger partial charge in [0.15, 0.2) is 0 Å². The van der Waals surface area contributed by atoms with E-state index in [9.17, 15) is 4.79 Å². The quantitative estimate of drug-likeness (QED) is 0.362. The molecule has 0 bridgehead atoms. The smallest absolute Gasteiger partial charge is 0.303 e. The molecule has 0 aromatic heterocycles. The van der Waals surface area contributed by atoms with Crippen molar-refractivity contribution in [3.05, 3.63) is 0 Å². The minimum Gasteiger partial charge on any atom is -0.481 e. The van der Waals surface area contributed by atoms with Crippen LogP contribution in [0.3, 0.4) is 0 Å². The van der Waals surface area contributed by atoms with Crippen molar-refractivity contribution in [2.45, 2.75) is 102 Å². The van der Waals surface area contributed by atoms with Crippen LogP contribution in [0.15, 0.2) is 0 Å². The first-order valence-corrected chi connectivity index (χ1v) is 11.4. The van der Waals surface area contributed by atoms with Gasteiger partial charge in [0.1, 0.15) is 0 Å². The fourth-order valence-electron chi connectivity index (χ4n) is 4.10. The molecule has 1 aliphatic carbocycles. The zero-order valence-electron chi connectivity index (χ0n) is 14.8. The number of carboxylic acid groups (broad SMARTS) is 1. The molecule has 22 heavy (non-hydrogen) atoms. The molecule has 0 saturated heterocycles. The molecular formula is C19H38O2Si. The second-order valence-corrected chi connectivity index (χ2v) is 8.35.